The average Bonchev–Trinajstić information content (AvgIpc) is 2.38. The van der Waals surface area contributed by atoms with E-state index in [1.165, 1.54) is 0 Å². The van der Waals surface area contributed by atoms with Crippen LogP contribution >= 0.6 is 0 Å². The summed E-state index contributed by atoms with van der Waals surface area (Å²) >= 11 is 0. The molecule has 0 aliphatic carbocycles. The van der Waals surface area contributed by atoms with Crippen LogP contribution in [0.5, 0.6) is 5.75 Å². The van der Waals surface area contributed by atoms with Gasteiger partial charge in [-0.1, -0.05) is 18.2 Å². The molecule has 0 saturated carbocycles. The molecule has 0 spiro atoms. The lowest BCUT2D eigenvalue weighted by atomic mass is 10.1. The first-order chi connectivity index (χ1) is 9.15. The van der Waals surface area contributed by atoms with Crippen molar-refractivity contribution in [2.75, 3.05) is 6.54 Å². The van der Waals surface area contributed by atoms with Gasteiger partial charge >= 0.3 is 6.61 Å². The summed E-state index contributed by atoms with van der Waals surface area (Å²) in [6.07, 6.45) is 7.86. The Morgan fingerprint density at radius 3 is 2.74 bits per heavy atom. The van der Waals surface area contributed by atoms with Crippen LogP contribution in [0.15, 0.2) is 24.3 Å². The van der Waals surface area contributed by atoms with Gasteiger partial charge in [0.2, 0.25) is 0 Å². The molecule has 4 heteroatoms. The molecule has 0 fully saturated rings. The van der Waals surface area contributed by atoms with E-state index in [2.05, 4.69) is 16.0 Å². The van der Waals surface area contributed by atoms with E-state index in [1.54, 1.807) is 18.2 Å². The second-order valence-corrected chi connectivity index (χ2v) is 4.25. The van der Waals surface area contributed by atoms with E-state index in [0.717, 1.165) is 31.4 Å². The molecule has 0 amide bonds. The molecule has 0 aliphatic heterocycles. The summed E-state index contributed by atoms with van der Waals surface area (Å²) < 4.78 is 29.1. The van der Waals surface area contributed by atoms with Crippen molar-refractivity contribution in [1.82, 2.24) is 5.32 Å². The maximum absolute atomic E-state index is 12.3. The molecule has 1 unspecified atom stereocenters. The molecule has 1 atom stereocenters. The van der Waals surface area contributed by atoms with Gasteiger partial charge in [0.15, 0.2) is 0 Å². The normalized spacial score (nSPS) is 12.2. The Hall–Kier alpha value is -1.60. The Morgan fingerprint density at radius 1 is 1.32 bits per heavy atom. The molecule has 0 bridgehead atoms. The average molecular weight is 267 g/mol. The Balaban J connectivity index is 2.51. The van der Waals surface area contributed by atoms with Crippen molar-refractivity contribution in [3.8, 4) is 18.1 Å². The van der Waals surface area contributed by atoms with Gasteiger partial charge in [-0.3, -0.25) is 0 Å². The maximum Gasteiger partial charge on any atom is 0.387 e. The van der Waals surface area contributed by atoms with Crippen molar-refractivity contribution in [3.05, 3.63) is 29.8 Å². The minimum absolute atomic E-state index is 0.0409. The van der Waals surface area contributed by atoms with Crippen molar-refractivity contribution in [3.63, 3.8) is 0 Å². The molecule has 0 saturated heterocycles. The second kappa shape index (κ2) is 8.49. The molecule has 0 radical (unpaired) electrons. The fraction of sp³-hybridized carbons (Fsp3) is 0.467. The predicted molar refractivity (Wildman–Crippen MR) is 72.2 cm³/mol. The molecule has 1 rings (SSSR count). The quantitative estimate of drug-likeness (QED) is 0.572. The number of unbranched alkanes of at least 4 members (excludes halogenated alkanes) is 2. The number of benzene rings is 1. The van der Waals surface area contributed by atoms with E-state index in [1.807, 2.05) is 13.0 Å². The molecule has 104 valence electrons. The van der Waals surface area contributed by atoms with Crippen molar-refractivity contribution in [2.24, 2.45) is 0 Å². The summed E-state index contributed by atoms with van der Waals surface area (Å²) in [7, 11) is 0. The van der Waals surface area contributed by atoms with E-state index >= 15 is 0 Å². The lowest BCUT2D eigenvalue weighted by Gasteiger charge is -2.17. The summed E-state index contributed by atoms with van der Waals surface area (Å²) in [4.78, 5) is 0. The smallest absolute Gasteiger partial charge is 0.387 e. The zero-order chi connectivity index (χ0) is 14.1. The first kappa shape index (κ1) is 15.5. The number of alkyl halides is 2. The summed E-state index contributed by atoms with van der Waals surface area (Å²) in [6, 6.07) is 6.79. The fourth-order valence-corrected chi connectivity index (χ4v) is 1.82. The molecule has 0 aromatic heterocycles. The SMILES string of the molecule is C#CCCCCNC(C)c1ccccc1OC(F)F. The van der Waals surface area contributed by atoms with Gasteiger partial charge in [-0.15, -0.1) is 12.3 Å². The maximum atomic E-state index is 12.3. The van der Waals surface area contributed by atoms with E-state index in [4.69, 9.17) is 6.42 Å². The van der Waals surface area contributed by atoms with Crippen LogP contribution in [0.2, 0.25) is 0 Å². The Bertz CT molecular complexity index is 415. The van der Waals surface area contributed by atoms with Gasteiger partial charge in [-0.25, -0.2) is 0 Å². The standard InChI is InChI=1S/C15H19F2NO/c1-3-4-5-8-11-18-12(2)13-9-6-7-10-14(13)19-15(16)17/h1,6-7,9-10,12,15,18H,4-5,8,11H2,2H3. The fourth-order valence-electron chi connectivity index (χ4n) is 1.82. The second-order valence-electron chi connectivity index (χ2n) is 4.25. The topological polar surface area (TPSA) is 21.3 Å². The zero-order valence-corrected chi connectivity index (χ0v) is 11.0. The Morgan fingerprint density at radius 2 is 2.05 bits per heavy atom. The summed E-state index contributed by atoms with van der Waals surface area (Å²) in [5.74, 6) is 2.81. The van der Waals surface area contributed by atoms with Gasteiger partial charge in [-0.2, -0.15) is 8.78 Å². The number of para-hydroxylation sites is 1. The van der Waals surface area contributed by atoms with E-state index in [-0.39, 0.29) is 11.8 Å². The highest BCUT2D eigenvalue weighted by Crippen LogP contribution is 2.26. The third kappa shape index (κ3) is 5.71. The van der Waals surface area contributed by atoms with Crippen LogP contribution < -0.4 is 10.1 Å². The van der Waals surface area contributed by atoms with Crippen LogP contribution in [-0.2, 0) is 0 Å². The molecule has 2 nitrogen and oxygen atoms in total. The Kier molecular flexibility index (Phi) is 6.91. The van der Waals surface area contributed by atoms with Crippen molar-refractivity contribution in [1.29, 1.82) is 0 Å². The molecule has 1 aromatic carbocycles. The highest BCUT2D eigenvalue weighted by atomic mass is 19.3. The number of rotatable bonds is 8. The highest BCUT2D eigenvalue weighted by molar-refractivity contribution is 5.35. The largest absolute Gasteiger partial charge is 0.434 e. The summed E-state index contributed by atoms with van der Waals surface area (Å²) in [5.41, 5.74) is 0.736. The van der Waals surface area contributed by atoms with Gasteiger partial charge in [-0.05, 0) is 32.4 Å². The molecular weight excluding hydrogens is 248 g/mol. The van der Waals surface area contributed by atoms with Crippen LogP contribution in [0, 0.1) is 12.3 Å². The van der Waals surface area contributed by atoms with Gasteiger partial charge in [0, 0.05) is 18.0 Å². The first-order valence-corrected chi connectivity index (χ1v) is 6.35. The summed E-state index contributed by atoms with van der Waals surface area (Å²) in [6.45, 7) is -0.0790. The zero-order valence-electron chi connectivity index (χ0n) is 11.0. The van der Waals surface area contributed by atoms with Gasteiger partial charge in [0.25, 0.3) is 0 Å². The van der Waals surface area contributed by atoms with Gasteiger partial charge in [0.05, 0.1) is 0 Å². The molecule has 1 N–H and O–H groups in total. The number of halogens is 2. The number of hydrogen-bond donors (Lipinski definition) is 1. The minimum Gasteiger partial charge on any atom is -0.434 e. The van der Waals surface area contributed by atoms with Crippen LogP contribution in [0.1, 0.15) is 37.8 Å². The highest BCUT2D eigenvalue weighted by Gasteiger charge is 2.13. The van der Waals surface area contributed by atoms with Crippen LogP contribution in [0.25, 0.3) is 0 Å². The van der Waals surface area contributed by atoms with Crippen molar-refractivity contribution in [2.45, 2.75) is 38.8 Å². The number of terminal acetylenes is 1. The predicted octanol–water partition coefficient (Wildman–Crippen LogP) is 3.74. The van der Waals surface area contributed by atoms with E-state index in [0.29, 0.717) is 0 Å². The third-order valence-electron chi connectivity index (χ3n) is 2.80. The molecule has 1 aromatic rings. The number of ether oxygens (including phenoxy) is 1. The third-order valence-corrected chi connectivity index (χ3v) is 2.80. The molecule has 0 heterocycles. The number of nitrogens with one attached hydrogen (secondary N) is 1. The van der Waals surface area contributed by atoms with Gasteiger partial charge in [0.1, 0.15) is 5.75 Å². The Labute approximate surface area is 113 Å². The summed E-state index contributed by atoms with van der Waals surface area (Å²) in [5, 5.41) is 3.28. The lowest BCUT2D eigenvalue weighted by Crippen LogP contribution is -2.21. The van der Waals surface area contributed by atoms with Crippen molar-refractivity contribution >= 4 is 0 Å². The minimum atomic E-state index is -2.80. The van der Waals surface area contributed by atoms with Gasteiger partial charge < -0.3 is 10.1 Å². The van der Waals surface area contributed by atoms with Crippen LogP contribution in [-0.4, -0.2) is 13.2 Å². The van der Waals surface area contributed by atoms with E-state index in [9.17, 15) is 8.78 Å². The van der Waals surface area contributed by atoms with E-state index < -0.39 is 6.61 Å². The number of hydrogen-bond acceptors (Lipinski definition) is 2. The molecule has 19 heavy (non-hydrogen) atoms. The van der Waals surface area contributed by atoms with Crippen LogP contribution in [0.3, 0.4) is 0 Å². The first-order valence-electron chi connectivity index (χ1n) is 6.35. The molecule has 0 aliphatic rings. The monoisotopic (exact) mass is 267 g/mol. The van der Waals surface area contributed by atoms with Crippen LogP contribution in [0.4, 0.5) is 8.78 Å². The lowest BCUT2D eigenvalue weighted by molar-refractivity contribution is -0.0506. The van der Waals surface area contributed by atoms with Crippen molar-refractivity contribution < 1.29 is 13.5 Å². The molecular formula is C15H19F2NO.